The molecule has 1 aliphatic heterocycles. The number of hydrogen-bond acceptors (Lipinski definition) is 4. The summed E-state index contributed by atoms with van der Waals surface area (Å²) in [6.45, 7) is 7.32. The summed E-state index contributed by atoms with van der Waals surface area (Å²) in [6, 6.07) is 7.33. The molecule has 2 heterocycles. The van der Waals surface area contributed by atoms with Gasteiger partial charge < -0.3 is 14.2 Å². The second-order valence-electron chi connectivity index (χ2n) is 7.30. The average molecular weight is 420 g/mol. The molecule has 1 aromatic carbocycles. The number of ether oxygens (including phenoxy) is 1. The van der Waals surface area contributed by atoms with Gasteiger partial charge in [-0.15, -0.1) is 0 Å². The van der Waals surface area contributed by atoms with Gasteiger partial charge in [0.15, 0.2) is 0 Å². The van der Waals surface area contributed by atoms with Crippen LogP contribution in [-0.2, 0) is 23.6 Å². The van der Waals surface area contributed by atoms with Crippen LogP contribution in [0, 0.1) is 13.8 Å². The van der Waals surface area contributed by atoms with Gasteiger partial charge in [0.05, 0.1) is 12.2 Å². The number of benzene rings is 1. The fraction of sp³-hybridized carbons (Fsp3) is 0.476. The SMILES string of the molecule is CCOc1ccccc1CNS(=O)(=O)c1c(C(=O)N2CCCC2)c(C)n(C)c1C. The molecule has 8 heteroatoms. The molecule has 0 radical (unpaired) electrons. The molecule has 1 saturated heterocycles. The first-order chi connectivity index (χ1) is 13.8. The molecule has 1 amide bonds. The zero-order chi connectivity index (χ0) is 21.2. The van der Waals surface area contributed by atoms with E-state index < -0.39 is 10.0 Å². The Morgan fingerprint density at radius 1 is 1.14 bits per heavy atom. The lowest BCUT2D eigenvalue weighted by Crippen LogP contribution is -2.31. The van der Waals surface area contributed by atoms with E-state index in [4.69, 9.17) is 4.74 Å². The number of carbonyl (C=O) groups is 1. The lowest BCUT2D eigenvalue weighted by Gasteiger charge is -2.17. The Bertz CT molecular complexity index is 1010. The second kappa shape index (κ2) is 8.59. The van der Waals surface area contributed by atoms with Gasteiger partial charge in [0.25, 0.3) is 5.91 Å². The Balaban J connectivity index is 1.95. The molecule has 0 unspecified atom stereocenters. The maximum absolute atomic E-state index is 13.3. The standard InChI is InChI=1S/C21H29N3O4S/c1-5-28-18-11-7-6-10-17(18)14-22-29(26,27)20-16(3)23(4)15(2)19(20)21(25)24-12-8-9-13-24/h6-7,10-11,22H,5,8-9,12-14H2,1-4H3. The molecule has 0 bridgehead atoms. The van der Waals surface area contributed by atoms with E-state index in [-0.39, 0.29) is 22.9 Å². The molecular weight excluding hydrogens is 390 g/mol. The molecule has 1 fully saturated rings. The number of para-hydroxylation sites is 1. The van der Waals surface area contributed by atoms with Crippen LogP contribution in [0.5, 0.6) is 5.75 Å². The third-order valence-electron chi connectivity index (χ3n) is 5.52. The molecule has 0 atom stereocenters. The lowest BCUT2D eigenvalue weighted by atomic mass is 10.2. The van der Waals surface area contributed by atoms with Gasteiger partial charge in [-0.25, -0.2) is 13.1 Å². The number of sulfonamides is 1. The summed E-state index contributed by atoms with van der Waals surface area (Å²) < 4.78 is 36.6. The van der Waals surface area contributed by atoms with Crippen molar-refractivity contribution < 1.29 is 17.9 Å². The number of nitrogens with one attached hydrogen (secondary N) is 1. The maximum Gasteiger partial charge on any atom is 0.257 e. The van der Waals surface area contributed by atoms with Crippen LogP contribution in [0.3, 0.4) is 0 Å². The molecule has 3 rings (SSSR count). The maximum atomic E-state index is 13.3. The fourth-order valence-electron chi connectivity index (χ4n) is 3.77. The van der Waals surface area contributed by atoms with E-state index in [1.807, 2.05) is 31.2 Å². The van der Waals surface area contributed by atoms with Crippen LogP contribution < -0.4 is 9.46 Å². The summed E-state index contributed by atoms with van der Waals surface area (Å²) in [6.07, 6.45) is 1.90. The molecule has 158 valence electrons. The highest BCUT2D eigenvalue weighted by molar-refractivity contribution is 7.89. The van der Waals surface area contributed by atoms with Gasteiger partial charge in [0.1, 0.15) is 10.6 Å². The van der Waals surface area contributed by atoms with E-state index >= 15 is 0 Å². The Morgan fingerprint density at radius 2 is 1.79 bits per heavy atom. The van der Waals surface area contributed by atoms with Crippen molar-refractivity contribution in [3.63, 3.8) is 0 Å². The van der Waals surface area contributed by atoms with Crippen molar-refractivity contribution in [2.24, 2.45) is 7.05 Å². The molecule has 1 aliphatic rings. The first-order valence-corrected chi connectivity index (χ1v) is 11.4. The van der Waals surface area contributed by atoms with Crippen molar-refractivity contribution in [1.29, 1.82) is 0 Å². The van der Waals surface area contributed by atoms with Crippen LogP contribution in [0.4, 0.5) is 0 Å². The molecule has 2 aromatic rings. The van der Waals surface area contributed by atoms with Crippen molar-refractivity contribution in [1.82, 2.24) is 14.2 Å². The highest BCUT2D eigenvalue weighted by Crippen LogP contribution is 2.29. The van der Waals surface area contributed by atoms with E-state index in [0.717, 1.165) is 18.4 Å². The minimum absolute atomic E-state index is 0.0725. The smallest absolute Gasteiger partial charge is 0.257 e. The molecule has 0 saturated carbocycles. The van der Waals surface area contributed by atoms with Crippen molar-refractivity contribution >= 4 is 15.9 Å². The van der Waals surface area contributed by atoms with E-state index in [2.05, 4.69) is 4.72 Å². The number of nitrogens with zero attached hydrogens (tertiary/aromatic N) is 2. The molecule has 1 N–H and O–H groups in total. The van der Waals surface area contributed by atoms with Crippen LogP contribution >= 0.6 is 0 Å². The quantitative estimate of drug-likeness (QED) is 0.748. The summed E-state index contributed by atoms with van der Waals surface area (Å²) in [5, 5.41) is 0. The number of amides is 1. The van der Waals surface area contributed by atoms with Crippen LogP contribution in [0.25, 0.3) is 0 Å². The molecular formula is C21H29N3O4S. The van der Waals surface area contributed by atoms with Gasteiger partial charge in [-0.1, -0.05) is 18.2 Å². The minimum atomic E-state index is -3.90. The van der Waals surface area contributed by atoms with Crippen molar-refractivity contribution in [3.05, 3.63) is 46.8 Å². The second-order valence-corrected chi connectivity index (χ2v) is 9.00. The number of rotatable bonds is 7. The van der Waals surface area contributed by atoms with Crippen molar-refractivity contribution in [2.75, 3.05) is 19.7 Å². The summed E-state index contributed by atoms with van der Waals surface area (Å²) in [5.41, 5.74) is 2.23. The van der Waals surface area contributed by atoms with Gasteiger partial charge in [0.2, 0.25) is 10.0 Å². The lowest BCUT2D eigenvalue weighted by molar-refractivity contribution is 0.0788. The Kier molecular flexibility index (Phi) is 6.33. The van der Waals surface area contributed by atoms with Gasteiger partial charge in [-0.05, 0) is 39.7 Å². The van der Waals surface area contributed by atoms with E-state index in [0.29, 0.717) is 36.8 Å². The predicted molar refractivity (Wildman–Crippen MR) is 112 cm³/mol. The van der Waals surface area contributed by atoms with Gasteiger partial charge in [-0.2, -0.15) is 0 Å². The Morgan fingerprint density at radius 3 is 2.45 bits per heavy atom. The number of carbonyl (C=O) groups excluding carboxylic acids is 1. The Hall–Kier alpha value is -2.32. The summed E-state index contributed by atoms with van der Waals surface area (Å²) in [7, 11) is -2.12. The minimum Gasteiger partial charge on any atom is -0.494 e. The van der Waals surface area contributed by atoms with Gasteiger partial charge in [-0.3, -0.25) is 4.79 Å². The topological polar surface area (TPSA) is 80.6 Å². The van der Waals surface area contributed by atoms with Gasteiger partial charge >= 0.3 is 0 Å². The van der Waals surface area contributed by atoms with Crippen molar-refractivity contribution in [2.45, 2.75) is 45.1 Å². The highest BCUT2D eigenvalue weighted by Gasteiger charge is 2.33. The summed E-state index contributed by atoms with van der Waals surface area (Å²) in [5.74, 6) is 0.436. The normalized spacial score (nSPS) is 14.4. The average Bonchev–Trinajstić information content (AvgIpc) is 3.31. The first-order valence-electron chi connectivity index (χ1n) is 9.93. The van der Waals surface area contributed by atoms with Crippen LogP contribution in [0.2, 0.25) is 0 Å². The molecule has 0 spiro atoms. The van der Waals surface area contributed by atoms with Crippen molar-refractivity contribution in [3.8, 4) is 5.75 Å². The number of hydrogen-bond donors (Lipinski definition) is 1. The zero-order valence-corrected chi connectivity index (χ0v) is 18.3. The summed E-state index contributed by atoms with van der Waals surface area (Å²) >= 11 is 0. The molecule has 29 heavy (non-hydrogen) atoms. The number of aromatic nitrogens is 1. The summed E-state index contributed by atoms with van der Waals surface area (Å²) in [4.78, 5) is 14.9. The Labute approximate surface area is 172 Å². The third-order valence-corrected chi connectivity index (χ3v) is 7.09. The monoisotopic (exact) mass is 419 g/mol. The third kappa shape index (κ3) is 4.18. The zero-order valence-electron chi connectivity index (χ0n) is 17.5. The highest BCUT2D eigenvalue weighted by atomic mass is 32.2. The molecule has 1 aromatic heterocycles. The number of likely N-dealkylation sites (tertiary alicyclic amines) is 1. The van der Waals surface area contributed by atoms with Crippen LogP contribution in [0.1, 0.15) is 47.1 Å². The largest absolute Gasteiger partial charge is 0.494 e. The van der Waals surface area contributed by atoms with Crippen LogP contribution in [0.15, 0.2) is 29.2 Å². The predicted octanol–water partition coefficient (Wildman–Crippen LogP) is 2.76. The van der Waals surface area contributed by atoms with E-state index in [9.17, 15) is 13.2 Å². The van der Waals surface area contributed by atoms with Gasteiger partial charge in [0, 0.05) is 43.6 Å². The van der Waals surface area contributed by atoms with E-state index in [1.54, 1.807) is 30.4 Å². The fourth-order valence-corrected chi connectivity index (χ4v) is 5.29. The molecule has 0 aliphatic carbocycles. The molecule has 7 nitrogen and oxygen atoms in total. The van der Waals surface area contributed by atoms with Crippen LogP contribution in [-0.4, -0.2) is 43.5 Å². The first kappa shape index (κ1) is 21.4. The van der Waals surface area contributed by atoms with E-state index in [1.165, 1.54) is 0 Å².